The molecule has 0 saturated carbocycles. The van der Waals surface area contributed by atoms with E-state index in [4.69, 9.17) is 4.42 Å². The number of anilines is 5. The number of nitrogens with zero attached hydrogens (tertiary/aromatic N) is 2. The Kier molecular flexibility index (Phi) is 7.80. The normalized spacial score (nSPS) is 14.3. The van der Waals surface area contributed by atoms with Crippen molar-refractivity contribution in [3.8, 4) is 22.3 Å². The quantitative estimate of drug-likeness (QED) is 0.165. The molecule has 0 amide bonds. The monoisotopic (exact) mass is 820 g/mol. The van der Waals surface area contributed by atoms with Crippen LogP contribution < -0.4 is 20.6 Å². The van der Waals surface area contributed by atoms with Gasteiger partial charge in [0.2, 0.25) is 0 Å². The Morgan fingerprint density at radius 3 is 1.89 bits per heavy atom. The second-order valence-electron chi connectivity index (χ2n) is 18.9. The first-order valence-electron chi connectivity index (χ1n) is 22.5. The van der Waals surface area contributed by atoms with E-state index in [1.165, 1.54) is 83.6 Å². The van der Waals surface area contributed by atoms with Crippen molar-refractivity contribution in [3.05, 3.63) is 234 Å². The highest BCUT2D eigenvalue weighted by Gasteiger charge is 2.54. The van der Waals surface area contributed by atoms with Gasteiger partial charge in [0.15, 0.2) is 0 Å². The number of rotatable bonds is 4. The zero-order chi connectivity index (χ0) is 42.9. The van der Waals surface area contributed by atoms with Crippen LogP contribution in [0.1, 0.15) is 54.2 Å². The first-order valence-corrected chi connectivity index (χ1v) is 22.5. The van der Waals surface area contributed by atoms with Gasteiger partial charge in [-0.15, -0.1) is 0 Å². The summed E-state index contributed by atoms with van der Waals surface area (Å²) in [5.74, 6) is 0. The third-order valence-corrected chi connectivity index (χ3v) is 14.3. The Balaban J connectivity index is 1.21. The molecule has 0 spiro atoms. The number of fused-ring (bicyclic) bond motifs is 10. The van der Waals surface area contributed by atoms with Gasteiger partial charge in [-0.1, -0.05) is 178 Å². The number of hydrogen-bond donors (Lipinski definition) is 0. The van der Waals surface area contributed by atoms with E-state index in [9.17, 15) is 0 Å². The van der Waals surface area contributed by atoms with Crippen molar-refractivity contribution in [1.29, 1.82) is 0 Å². The summed E-state index contributed by atoms with van der Waals surface area (Å²) in [4.78, 5) is 5.29. The lowest BCUT2D eigenvalue weighted by Crippen LogP contribution is -2.63. The molecule has 13 rings (SSSR count). The molecule has 4 heterocycles. The lowest BCUT2D eigenvalue weighted by atomic mass is 9.41. The Labute approximate surface area is 375 Å². The molecular weight excluding hydrogens is 775 g/mol. The fraction of sp³-hybridized carbons (Fsp3) is 0.100. The van der Waals surface area contributed by atoms with Gasteiger partial charge in [0, 0.05) is 44.6 Å². The molecule has 0 saturated heterocycles. The number of benzene rings is 9. The maximum absolute atomic E-state index is 6.81. The fourth-order valence-electron chi connectivity index (χ4n) is 11.6. The van der Waals surface area contributed by atoms with Crippen LogP contribution in [0.3, 0.4) is 0 Å². The molecule has 3 aliphatic heterocycles. The predicted octanol–water partition coefficient (Wildman–Crippen LogP) is 14.3. The number of aryl methyl sites for hydroxylation is 1. The van der Waals surface area contributed by atoms with Gasteiger partial charge in [-0.3, -0.25) is 0 Å². The van der Waals surface area contributed by atoms with Crippen molar-refractivity contribution in [2.45, 2.75) is 38.5 Å². The molecule has 0 N–H and O–H groups in total. The maximum atomic E-state index is 6.81. The summed E-state index contributed by atoms with van der Waals surface area (Å²) in [5, 5.41) is 2.29. The van der Waals surface area contributed by atoms with Crippen LogP contribution in [0, 0.1) is 6.92 Å². The van der Waals surface area contributed by atoms with E-state index < -0.39 is 5.41 Å². The molecule has 0 bridgehead atoms. The predicted molar refractivity (Wildman–Crippen MR) is 268 cm³/mol. The van der Waals surface area contributed by atoms with Gasteiger partial charge in [-0.05, 0) is 110 Å². The van der Waals surface area contributed by atoms with Crippen molar-refractivity contribution in [3.63, 3.8) is 0 Å². The third-order valence-electron chi connectivity index (χ3n) is 14.3. The summed E-state index contributed by atoms with van der Waals surface area (Å²) in [6.07, 6.45) is 0. The summed E-state index contributed by atoms with van der Waals surface area (Å²) in [5.41, 5.74) is 22.2. The van der Waals surface area contributed by atoms with Crippen LogP contribution in [0.4, 0.5) is 28.4 Å². The van der Waals surface area contributed by atoms with Crippen LogP contribution in [0.5, 0.6) is 0 Å². The van der Waals surface area contributed by atoms with E-state index >= 15 is 0 Å². The first kappa shape index (κ1) is 37.0. The molecule has 9 aromatic carbocycles. The van der Waals surface area contributed by atoms with E-state index in [0.29, 0.717) is 0 Å². The third kappa shape index (κ3) is 5.00. The SMILES string of the molecule is Cc1cc2c3c(c1)N(c1ccc(C(C)(C)C)cc1-c1ccccc1)c1ccc4oc5ccccc5c4c1B3N1c3ccccc3C(c3ccccc3)(c3ccccc3)c3cccc-2c31. The summed E-state index contributed by atoms with van der Waals surface area (Å²) in [7, 11) is 0. The van der Waals surface area contributed by atoms with E-state index in [0.717, 1.165) is 33.3 Å². The second kappa shape index (κ2) is 13.5. The highest BCUT2D eigenvalue weighted by atomic mass is 16.3. The summed E-state index contributed by atoms with van der Waals surface area (Å²) in [6.45, 7) is 9.00. The molecule has 10 aromatic rings. The minimum Gasteiger partial charge on any atom is -0.456 e. The smallest absolute Gasteiger partial charge is 0.333 e. The van der Waals surface area contributed by atoms with Crippen molar-refractivity contribution < 1.29 is 4.42 Å². The lowest BCUT2D eigenvalue weighted by molar-refractivity contribution is 0.590. The molecule has 3 nitrogen and oxygen atoms in total. The maximum Gasteiger partial charge on any atom is 0.333 e. The van der Waals surface area contributed by atoms with Gasteiger partial charge in [0.05, 0.1) is 11.1 Å². The Morgan fingerprint density at radius 1 is 0.484 bits per heavy atom. The summed E-state index contributed by atoms with van der Waals surface area (Å²) >= 11 is 0. The van der Waals surface area contributed by atoms with E-state index in [-0.39, 0.29) is 12.3 Å². The molecule has 64 heavy (non-hydrogen) atoms. The van der Waals surface area contributed by atoms with Crippen LogP contribution >= 0.6 is 0 Å². The highest BCUT2D eigenvalue weighted by molar-refractivity contribution is 6.95. The topological polar surface area (TPSA) is 19.6 Å². The van der Waals surface area contributed by atoms with Gasteiger partial charge in [-0.2, -0.15) is 0 Å². The van der Waals surface area contributed by atoms with Crippen LogP contribution in [-0.4, -0.2) is 6.85 Å². The molecule has 4 heteroatoms. The van der Waals surface area contributed by atoms with Gasteiger partial charge < -0.3 is 14.1 Å². The molecule has 0 unspecified atom stereocenters. The fourth-order valence-corrected chi connectivity index (χ4v) is 11.6. The van der Waals surface area contributed by atoms with Gasteiger partial charge in [-0.25, -0.2) is 0 Å². The van der Waals surface area contributed by atoms with Crippen LogP contribution in [0.15, 0.2) is 205 Å². The van der Waals surface area contributed by atoms with Gasteiger partial charge in [0.1, 0.15) is 11.2 Å². The summed E-state index contributed by atoms with van der Waals surface area (Å²) < 4.78 is 6.81. The second-order valence-corrected chi connectivity index (χ2v) is 18.9. The zero-order valence-electron chi connectivity index (χ0n) is 36.4. The standard InChI is InChI=1S/C60H45BN2O/c1-38-35-46-43-26-18-28-48-58(43)63(50-29-16-15-27-47(50)60(48,40-21-10-6-11-22-40)41-23-12-7-13-24-41)61-56(46)52(36-38)62(51-33-34-54-55(57(51)61)44-25-14-17-30-53(44)64-54)49-32-31-42(59(2,3)4)37-45(49)39-19-8-5-9-20-39/h5-37H,1-4H3. The number of para-hydroxylation sites is 3. The number of furan rings is 1. The van der Waals surface area contributed by atoms with Crippen LogP contribution in [0.25, 0.3) is 44.2 Å². The van der Waals surface area contributed by atoms with Crippen molar-refractivity contribution in [2.24, 2.45) is 0 Å². The molecule has 3 aliphatic rings. The molecular formula is C60H45BN2O. The average molecular weight is 821 g/mol. The van der Waals surface area contributed by atoms with Gasteiger partial charge in [0.25, 0.3) is 0 Å². The van der Waals surface area contributed by atoms with Crippen molar-refractivity contribution in [1.82, 2.24) is 0 Å². The Morgan fingerprint density at radius 2 is 1.14 bits per heavy atom. The van der Waals surface area contributed by atoms with E-state index in [1.54, 1.807) is 0 Å². The minimum absolute atomic E-state index is 0.0326. The molecule has 0 atom stereocenters. The highest BCUT2D eigenvalue weighted by Crippen LogP contribution is 2.60. The van der Waals surface area contributed by atoms with E-state index in [2.05, 4.69) is 238 Å². The minimum atomic E-state index is -0.581. The van der Waals surface area contributed by atoms with Crippen molar-refractivity contribution in [2.75, 3.05) is 9.71 Å². The van der Waals surface area contributed by atoms with Gasteiger partial charge >= 0.3 is 6.85 Å². The zero-order valence-corrected chi connectivity index (χ0v) is 36.4. The molecule has 1 aromatic heterocycles. The number of hydrogen-bond acceptors (Lipinski definition) is 3. The molecule has 304 valence electrons. The van der Waals surface area contributed by atoms with Crippen LogP contribution in [-0.2, 0) is 10.8 Å². The van der Waals surface area contributed by atoms with E-state index in [1.807, 2.05) is 0 Å². The largest absolute Gasteiger partial charge is 0.456 e. The average Bonchev–Trinajstić information content (AvgIpc) is 3.72. The Bertz CT molecular complexity index is 3470. The Hall–Kier alpha value is -7.56. The lowest BCUT2D eigenvalue weighted by Gasteiger charge is -2.53. The van der Waals surface area contributed by atoms with Crippen LogP contribution in [0.2, 0.25) is 0 Å². The molecule has 0 radical (unpaired) electrons. The van der Waals surface area contributed by atoms with Crippen molar-refractivity contribution >= 4 is 68.1 Å². The molecule has 0 fully saturated rings. The first-order chi connectivity index (χ1) is 31.3. The molecule has 0 aliphatic carbocycles. The summed E-state index contributed by atoms with van der Waals surface area (Å²) in [6, 6.07) is 74.7.